The predicted octanol–water partition coefficient (Wildman–Crippen LogP) is 3.06. The fourth-order valence-electron chi connectivity index (χ4n) is 2.85. The van der Waals surface area contributed by atoms with Crippen LogP contribution in [0, 0.1) is 5.92 Å². The molecule has 0 radical (unpaired) electrons. The Morgan fingerprint density at radius 2 is 2.05 bits per heavy atom. The summed E-state index contributed by atoms with van der Waals surface area (Å²) in [5, 5.41) is 13.1. The normalized spacial score (nSPS) is 15.9. The number of rotatable bonds is 4. The predicted molar refractivity (Wildman–Crippen MR) is 80.4 cm³/mol. The fourth-order valence-corrected chi connectivity index (χ4v) is 2.85. The van der Waals surface area contributed by atoms with Gasteiger partial charge in [-0.05, 0) is 43.7 Å². The van der Waals surface area contributed by atoms with Gasteiger partial charge in [-0.1, -0.05) is 5.16 Å². The van der Waals surface area contributed by atoms with Gasteiger partial charge in [0.2, 0.25) is 0 Å². The molecule has 1 N–H and O–H groups in total. The van der Waals surface area contributed by atoms with Crippen LogP contribution < -0.4 is 0 Å². The Bertz CT molecular complexity index is 619. The van der Waals surface area contributed by atoms with E-state index in [9.17, 15) is 4.79 Å². The number of carbonyl (C=O) groups is 1. The number of hydrogen-bond donors (Lipinski definition) is 1. The van der Waals surface area contributed by atoms with Gasteiger partial charge in [-0.2, -0.15) is 0 Å². The van der Waals surface area contributed by atoms with Crippen LogP contribution in [-0.4, -0.2) is 39.3 Å². The summed E-state index contributed by atoms with van der Waals surface area (Å²) in [6.07, 6.45) is 6.41. The molecule has 0 unspecified atom stereocenters. The molecule has 0 atom stereocenters. The molecule has 0 aromatic carbocycles. The van der Waals surface area contributed by atoms with Crippen molar-refractivity contribution >= 4 is 6.09 Å². The highest BCUT2D eigenvalue weighted by Gasteiger charge is 2.22. The number of nitrogens with zero attached hydrogens (tertiary/aromatic N) is 3. The van der Waals surface area contributed by atoms with Crippen LogP contribution in [0.1, 0.15) is 25.0 Å². The lowest BCUT2D eigenvalue weighted by Gasteiger charge is -2.29. The summed E-state index contributed by atoms with van der Waals surface area (Å²) in [6, 6.07) is 5.76. The number of aromatic nitrogens is 2. The molecule has 6 nitrogen and oxygen atoms in total. The van der Waals surface area contributed by atoms with Crippen LogP contribution >= 0.6 is 0 Å². The monoisotopic (exact) mass is 301 g/mol. The Balaban J connectivity index is 1.51. The van der Waals surface area contributed by atoms with Gasteiger partial charge in [0.15, 0.2) is 5.76 Å². The first-order valence-electron chi connectivity index (χ1n) is 7.56. The summed E-state index contributed by atoms with van der Waals surface area (Å²) in [5.74, 6) is 1.33. The van der Waals surface area contributed by atoms with Gasteiger partial charge in [0, 0.05) is 37.1 Å². The molecule has 0 spiro atoms. The average Bonchev–Trinajstić information content (AvgIpc) is 3.03. The summed E-state index contributed by atoms with van der Waals surface area (Å²) in [4.78, 5) is 16.4. The summed E-state index contributed by atoms with van der Waals surface area (Å²) < 4.78 is 5.38. The third-order valence-electron chi connectivity index (χ3n) is 4.22. The van der Waals surface area contributed by atoms with Gasteiger partial charge in [-0.3, -0.25) is 4.98 Å². The molecule has 2 aromatic rings. The molecule has 1 aliphatic heterocycles. The van der Waals surface area contributed by atoms with Gasteiger partial charge >= 0.3 is 6.09 Å². The van der Waals surface area contributed by atoms with Gasteiger partial charge in [-0.15, -0.1) is 0 Å². The van der Waals surface area contributed by atoms with E-state index in [1.54, 1.807) is 12.4 Å². The van der Waals surface area contributed by atoms with E-state index in [0.717, 1.165) is 42.7 Å². The zero-order valence-corrected chi connectivity index (χ0v) is 12.3. The second-order valence-corrected chi connectivity index (χ2v) is 5.67. The van der Waals surface area contributed by atoms with Crippen LogP contribution in [0.2, 0.25) is 0 Å². The van der Waals surface area contributed by atoms with Crippen molar-refractivity contribution < 1.29 is 14.4 Å². The zero-order chi connectivity index (χ0) is 15.4. The number of piperidine rings is 1. The first kappa shape index (κ1) is 14.6. The fraction of sp³-hybridized carbons (Fsp3) is 0.438. The lowest BCUT2D eigenvalue weighted by Crippen LogP contribution is -2.37. The largest absolute Gasteiger partial charge is 0.465 e. The van der Waals surface area contributed by atoms with Gasteiger partial charge in [-0.25, -0.2) is 4.79 Å². The molecule has 1 saturated heterocycles. The Hall–Kier alpha value is -2.37. The van der Waals surface area contributed by atoms with E-state index in [-0.39, 0.29) is 0 Å². The van der Waals surface area contributed by atoms with Crippen LogP contribution in [-0.2, 0) is 6.42 Å². The van der Waals surface area contributed by atoms with E-state index >= 15 is 0 Å². The van der Waals surface area contributed by atoms with Crippen LogP contribution in [0.4, 0.5) is 4.79 Å². The lowest BCUT2D eigenvalue weighted by molar-refractivity contribution is 0.123. The summed E-state index contributed by atoms with van der Waals surface area (Å²) in [7, 11) is 0. The zero-order valence-electron chi connectivity index (χ0n) is 12.3. The highest BCUT2D eigenvalue weighted by atomic mass is 16.5. The molecule has 0 bridgehead atoms. The Morgan fingerprint density at radius 3 is 2.73 bits per heavy atom. The lowest BCUT2D eigenvalue weighted by atomic mass is 9.91. The maximum Gasteiger partial charge on any atom is 0.407 e. The standard InChI is InChI=1S/C16H19N3O3/c20-16(21)19-9-5-12(6-10-19)1-2-14-11-15(22-18-14)13-3-7-17-8-4-13/h3-4,7-8,11-12H,1-2,5-6,9-10H2,(H,20,21). The molecule has 2 aromatic heterocycles. The van der Waals surface area contributed by atoms with E-state index in [2.05, 4.69) is 10.1 Å². The van der Waals surface area contributed by atoms with Crippen molar-refractivity contribution in [1.29, 1.82) is 0 Å². The van der Waals surface area contributed by atoms with E-state index in [4.69, 9.17) is 9.63 Å². The third-order valence-corrected chi connectivity index (χ3v) is 4.22. The van der Waals surface area contributed by atoms with E-state index in [1.807, 2.05) is 18.2 Å². The van der Waals surface area contributed by atoms with Gasteiger partial charge in [0.05, 0.1) is 5.69 Å². The number of pyridine rings is 1. The smallest absolute Gasteiger partial charge is 0.407 e. The number of carboxylic acid groups (broad SMARTS) is 1. The van der Waals surface area contributed by atoms with E-state index < -0.39 is 6.09 Å². The molecular formula is C16H19N3O3. The molecule has 116 valence electrons. The van der Waals surface area contributed by atoms with Crippen molar-refractivity contribution in [2.24, 2.45) is 5.92 Å². The first-order valence-corrected chi connectivity index (χ1v) is 7.56. The van der Waals surface area contributed by atoms with Crippen LogP contribution in [0.5, 0.6) is 0 Å². The maximum absolute atomic E-state index is 10.9. The number of aryl methyl sites for hydroxylation is 1. The summed E-state index contributed by atoms with van der Waals surface area (Å²) >= 11 is 0. The van der Waals surface area contributed by atoms with Crippen LogP contribution in [0.3, 0.4) is 0 Å². The minimum atomic E-state index is -0.808. The second kappa shape index (κ2) is 6.60. The third kappa shape index (κ3) is 3.44. The van der Waals surface area contributed by atoms with Crippen molar-refractivity contribution in [3.63, 3.8) is 0 Å². The number of amides is 1. The highest BCUT2D eigenvalue weighted by Crippen LogP contribution is 2.24. The number of hydrogen-bond acceptors (Lipinski definition) is 4. The molecule has 1 fully saturated rings. The number of likely N-dealkylation sites (tertiary alicyclic amines) is 1. The topological polar surface area (TPSA) is 79.5 Å². The molecule has 1 amide bonds. The minimum absolute atomic E-state index is 0.566. The summed E-state index contributed by atoms with van der Waals surface area (Å²) in [6.45, 7) is 1.28. The molecule has 3 heterocycles. The molecule has 22 heavy (non-hydrogen) atoms. The Labute approximate surface area is 128 Å². The summed E-state index contributed by atoms with van der Waals surface area (Å²) in [5.41, 5.74) is 1.93. The highest BCUT2D eigenvalue weighted by molar-refractivity contribution is 5.65. The van der Waals surface area contributed by atoms with E-state index in [1.165, 1.54) is 4.90 Å². The van der Waals surface area contributed by atoms with Crippen molar-refractivity contribution in [3.05, 3.63) is 36.3 Å². The van der Waals surface area contributed by atoms with Crippen molar-refractivity contribution in [2.45, 2.75) is 25.7 Å². The molecule has 0 saturated carbocycles. The quantitative estimate of drug-likeness (QED) is 0.938. The minimum Gasteiger partial charge on any atom is -0.465 e. The Morgan fingerprint density at radius 1 is 1.32 bits per heavy atom. The van der Waals surface area contributed by atoms with Crippen molar-refractivity contribution in [1.82, 2.24) is 15.0 Å². The molecule has 1 aliphatic rings. The van der Waals surface area contributed by atoms with E-state index in [0.29, 0.717) is 19.0 Å². The molecular weight excluding hydrogens is 282 g/mol. The maximum atomic E-state index is 10.9. The average molecular weight is 301 g/mol. The van der Waals surface area contributed by atoms with Crippen molar-refractivity contribution in [2.75, 3.05) is 13.1 Å². The van der Waals surface area contributed by atoms with Gasteiger partial charge in [0.25, 0.3) is 0 Å². The Kier molecular flexibility index (Phi) is 4.37. The molecule has 6 heteroatoms. The van der Waals surface area contributed by atoms with Gasteiger partial charge in [0.1, 0.15) is 0 Å². The first-order chi connectivity index (χ1) is 10.7. The van der Waals surface area contributed by atoms with Crippen LogP contribution in [0.15, 0.2) is 35.1 Å². The van der Waals surface area contributed by atoms with Crippen LogP contribution in [0.25, 0.3) is 11.3 Å². The molecule has 3 rings (SSSR count). The molecule has 0 aliphatic carbocycles. The van der Waals surface area contributed by atoms with Crippen molar-refractivity contribution in [3.8, 4) is 11.3 Å². The SMILES string of the molecule is O=C(O)N1CCC(CCc2cc(-c3ccncc3)on2)CC1. The van der Waals surface area contributed by atoms with Gasteiger partial charge < -0.3 is 14.5 Å². The second-order valence-electron chi connectivity index (χ2n) is 5.67.